The molecular formula is C46H42O8. The molecule has 0 heterocycles. The molecule has 0 saturated carbocycles. The van der Waals surface area contributed by atoms with Crippen LogP contribution in [-0.4, -0.2) is 31.3 Å². The van der Waals surface area contributed by atoms with Crippen LogP contribution < -0.4 is 14.2 Å². The molecule has 1 N–H and O–H groups in total. The molecule has 0 fully saturated rings. The number of carboxylic acids is 1. The molecule has 6 rings (SSSR count). The van der Waals surface area contributed by atoms with Crippen molar-refractivity contribution in [3.05, 3.63) is 185 Å². The van der Waals surface area contributed by atoms with Gasteiger partial charge in [0.15, 0.2) is 0 Å². The molecule has 0 unspecified atom stereocenters. The molecule has 8 heteroatoms. The molecule has 0 aliphatic carbocycles. The Kier molecular flexibility index (Phi) is 12.4. The largest absolute Gasteiger partial charge is 0.497 e. The average molecular weight is 723 g/mol. The van der Waals surface area contributed by atoms with Crippen molar-refractivity contribution in [2.24, 2.45) is 0 Å². The second-order valence-corrected chi connectivity index (χ2v) is 12.7. The quantitative estimate of drug-likeness (QED) is 0.0735. The zero-order valence-corrected chi connectivity index (χ0v) is 30.3. The zero-order valence-electron chi connectivity index (χ0n) is 30.3. The SMILES string of the molecule is COc1ccc(C(OCc2cccc(-c3cccc(OCc4cccc(COC(=O)CCC(=O)O)c4)c3)c2)(c2ccccc2)c2ccc(OC)cc2)cc1. The van der Waals surface area contributed by atoms with E-state index in [9.17, 15) is 9.59 Å². The van der Waals surface area contributed by atoms with Crippen molar-refractivity contribution in [1.29, 1.82) is 0 Å². The number of rotatable bonds is 17. The number of carbonyl (C=O) groups excluding carboxylic acids is 1. The van der Waals surface area contributed by atoms with Gasteiger partial charge >= 0.3 is 11.9 Å². The lowest BCUT2D eigenvalue weighted by atomic mass is 9.80. The summed E-state index contributed by atoms with van der Waals surface area (Å²) in [6.45, 7) is 0.701. The fraction of sp³-hybridized carbons (Fsp3) is 0.174. The Morgan fingerprint density at radius 1 is 0.519 bits per heavy atom. The molecule has 0 saturated heterocycles. The lowest BCUT2D eigenvalue weighted by Crippen LogP contribution is -2.32. The lowest BCUT2D eigenvalue weighted by Gasteiger charge is -2.36. The number of hydrogen-bond donors (Lipinski definition) is 1. The first-order valence-electron chi connectivity index (χ1n) is 17.6. The van der Waals surface area contributed by atoms with E-state index >= 15 is 0 Å². The molecule has 274 valence electrons. The van der Waals surface area contributed by atoms with Gasteiger partial charge in [0.2, 0.25) is 0 Å². The van der Waals surface area contributed by atoms with Crippen LogP contribution in [0.3, 0.4) is 0 Å². The molecule has 8 nitrogen and oxygen atoms in total. The van der Waals surface area contributed by atoms with Crippen LogP contribution in [0.2, 0.25) is 0 Å². The minimum Gasteiger partial charge on any atom is -0.497 e. The van der Waals surface area contributed by atoms with Crippen LogP contribution in [0.5, 0.6) is 17.2 Å². The van der Waals surface area contributed by atoms with Crippen LogP contribution in [0.15, 0.2) is 152 Å². The second kappa shape index (κ2) is 17.9. The summed E-state index contributed by atoms with van der Waals surface area (Å²) in [5.41, 5.74) is 6.69. The first kappa shape index (κ1) is 37.4. The van der Waals surface area contributed by atoms with Gasteiger partial charge in [0.25, 0.3) is 0 Å². The molecule has 0 spiro atoms. The van der Waals surface area contributed by atoms with Crippen LogP contribution in [0.1, 0.15) is 46.2 Å². The zero-order chi connectivity index (χ0) is 37.8. The summed E-state index contributed by atoms with van der Waals surface area (Å²) < 4.78 is 29.5. The minimum atomic E-state index is -1.03. The van der Waals surface area contributed by atoms with E-state index in [0.717, 1.165) is 56.0 Å². The maximum Gasteiger partial charge on any atom is 0.306 e. The minimum absolute atomic E-state index is 0.0640. The average Bonchev–Trinajstić information content (AvgIpc) is 3.23. The Bertz CT molecular complexity index is 2100. The maximum atomic E-state index is 11.9. The maximum absolute atomic E-state index is 11.9. The Morgan fingerprint density at radius 3 is 1.67 bits per heavy atom. The third-order valence-electron chi connectivity index (χ3n) is 9.06. The summed E-state index contributed by atoms with van der Waals surface area (Å²) in [5.74, 6) is 0.653. The van der Waals surface area contributed by atoms with Gasteiger partial charge in [0.05, 0.1) is 33.7 Å². The molecule has 6 aromatic rings. The monoisotopic (exact) mass is 722 g/mol. The van der Waals surface area contributed by atoms with Gasteiger partial charge in [0.1, 0.15) is 36.1 Å². The third kappa shape index (κ3) is 9.34. The summed E-state index contributed by atoms with van der Waals surface area (Å²) >= 11 is 0. The Balaban J connectivity index is 1.20. The van der Waals surface area contributed by atoms with Crippen LogP contribution >= 0.6 is 0 Å². The van der Waals surface area contributed by atoms with Crippen LogP contribution in [-0.2, 0) is 44.5 Å². The van der Waals surface area contributed by atoms with Gasteiger partial charge in [0, 0.05) is 0 Å². The molecule has 54 heavy (non-hydrogen) atoms. The number of hydrogen-bond acceptors (Lipinski definition) is 7. The predicted molar refractivity (Wildman–Crippen MR) is 206 cm³/mol. The summed E-state index contributed by atoms with van der Waals surface area (Å²) in [6, 6.07) is 50.1. The van der Waals surface area contributed by atoms with E-state index in [4.69, 9.17) is 28.8 Å². The smallest absolute Gasteiger partial charge is 0.306 e. The summed E-state index contributed by atoms with van der Waals surface area (Å²) in [4.78, 5) is 22.6. The van der Waals surface area contributed by atoms with Crippen LogP contribution in [0.4, 0.5) is 0 Å². The van der Waals surface area contributed by atoms with Crippen LogP contribution in [0, 0.1) is 0 Å². The van der Waals surface area contributed by atoms with E-state index in [1.165, 1.54) is 0 Å². The molecule has 0 amide bonds. The summed E-state index contributed by atoms with van der Waals surface area (Å²) in [6.07, 6.45) is -0.416. The van der Waals surface area contributed by atoms with E-state index in [1.807, 2.05) is 115 Å². The lowest BCUT2D eigenvalue weighted by molar-refractivity contribution is -0.148. The summed E-state index contributed by atoms with van der Waals surface area (Å²) in [7, 11) is 3.32. The normalized spacial score (nSPS) is 11.1. The van der Waals surface area contributed by atoms with Crippen molar-refractivity contribution < 1.29 is 38.4 Å². The van der Waals surface area contributed by atoms with Gasteiger partial charge in [-0.1, -0.05) is 103 Å². The molecule has 0 aromatic heterocycles. The first-order valence-corrected chi connectivity index (χ1v) is 17.6. The highest BCUT2D eigenvalue weighted by Crippen LogP contribution is 2.42. The highest BCUT2D eigenvalue weighted by molar-refractivity contribution is 5.76. The first-order chi connectivity index (χ1) is 26.4. The molecule has 6 aromatic carbocycles. The van der Waals surface area contributed by atoms with Crippen molar-refractivity contribution in [2.45, 2.75) is 38.3 Å². The number of benzene rings is 6. The number of esters is 1. The highest BCUT2D eigenvalue weighted by Gasteiger charge is 2.38. The van der Waals surface area contributed by atoms with Gasteiger partial charge in [-0.25, -0.2) is 0 Å². The topological polar surface area (TPSA) is 101 Å². The van der Waals surface area contributed by atoms with Crippen molar-refractivity contribution in [3.63, 3.8) is 0 Å². The van der Waals surface area contributed by atoms with Gasteiger partial charge in [-0.15, -0.1) is 0 Å². The van der Waals surface area contributed by atoms with Crippen molar-refractivity contribution in [1.82, 2.24) is 0 Å². The second-order valence-electron chi connectivity index (χ2n) is 12.7. The van der Waals surface area contributed by atoms with Crippen molar-refractivity contribution in [3.8, 4) is 28.4 Å². The molecule has 0 bridgehead atoms. The van der Waals surface area contributed by atoms with Crippen LogP contribution in [0.25, 0.3) is 11.1 Å². The number of carbonyl (C=O) groups is 2. The van der Waals surface area contributed by atoms with E-state index in [-0.39, 0.29) is 19.4 Å². The standard InChI is InChI=1S/C46H42O8/c1-50-41-21-17-39(18-22-41)46(38-14-4-3-5-15-38,40-19-23-42(51-2)24-20-40)54-32-35-11-7-12-36(28-35)37-13-8-16-43(29-37)52-30-33-9-6-10-34(27-33)31-53-45(49)26-25-44(47)48/h3-24,27-29H,25-26,30-32H2,1-2H3,(H,47,48). The molecular weight excluding hydrogens is 680 g/mol. The van der Waals surface area contributed by atoms with E-state index in [1.54, 1.807) is 14.2 Å². The third-order valence-corrected chi connectivity index (χ3v) is 9.06. The molecule has 0 atom stereocenters. The fourth-order valence-electron chi connectivity index (χ4n) is 6.29. The highest BCUT2D eigenvalue weighted by atomic mass is 16.5. The molecule has 0 radical (unpaired) electrons. The number of ether oxygens (including phenoxy) is 5. The van der Waals surface area contributed by atoms with Gasteiger partial charge in [-0.05, 0) is 93.0 Å². The van der Waals surface area contributed by atoms with Gasteiger partial charge in [-0.3, -0.25) is 9.59 Å². The predicted octanol–water partition coefficient (Wildman–Crippen LogP) is 9.37. The summed E-state index contributed by atoms with van der Waals surface area (Å²) in [5, 5.41) is 8.78. The number of aliphatic carboxylic acids is 1. The van der Waals surface area contributed by atoms with E-state index < -0.39 is 17.5 Å². The van der Waals surface area contributed by atoms with Gasteiger partial charge < -0.3 is 28.8 Å². The Labute approximate surface area is 315 Å². The van der Waals surface area contributed by atoms with E-state index in [2.05, 4.69) is 36.4 Å². The van der Waals surface area contributed by atoms with Gasteiger partial charge in [-0.2, -0.15) is 0 Å². The van der Waals surface area contributed by atoms with E-state index in [0.29, 0.717) is 19.0 Å². The van der Waals surface area contributed by atoms with Crippen molar-refractivity contribution in [2.75, 3.05) is 14.2 Å². The Hall–Kier alpha value is -6.38. The Morgan fingerprint density at radius 2 is 1.06 bits per heavy atom. The number of carboxylic acid groups (broad SMARTS) is 1. The van der Waals surface area contributed by atoms with Crippen molar-refractivity contribution >= 4 is 11.9 Å². The molecule has 0 aliphatic heterocycles. The number of methoxy groups -OCH3 is 2. The molecule has 0 aliphatic rings. The fourth-order valence-corrected chi connectivity index (χ4v) is 6.29.